The van der Waals surface area contributed by atoms with Crippen molar-refractivity contribution in [2.45, 2.75) is 5.54 Å². The molecule has 0 aromatic heterocycles. The first-order chi connectivity index (χ1) is 6.18. The largest absolute Gasteiger partial charge is 0.394 e. The van der Waals surface area contributed by atoms with Gasteiger partial charge in [0.1, 0.15) is 0 Å². The Morgan fingerprint density at radius 1 is 1.23 bits per heavy atom. The molecule has 7 heteroatoms. The average molecular weight is 190 g/mol. The molecule has 0 saturated heterocycles. The van der Waals surface area contributed by atoms with Crippen LogP contribution in [-0.2, 0) is 0 Å². The van der Waals surface area contributed by atoms with Crippen LogP contribution in [0.1, 0.15) is 0 Å². The van der Waals surface area contributed by atoms with E-state index in [2.05, 4.69) is 15.4 Å². The van der Waals surface area contributed by atoms with Gasteiger partial charge in [-0.2, -0.15) is 5.11 Å². The molecule has 1 aliphatic rings. The Morgan fingerprint density at radius 3 is 1.85 bits per heavy atom. The minimum absolute atomic E-state index is 0.403. The van der Waals surface area contributed by atoms with Gasteiger partial charge in [0.25, 0.3) is 0 Å². The molecule has 0 unspecified atom stereocenters. The van der Waals surface area contributed by atoms with Gasteiger partial charge in [-0.1, -0.05) is 0 Å². The topological polar surface area (TPSA) is 124 Å². The van der Waals surface area contributed by atoms with E-state index in [4.69, 9.17) is 21.1 Å². The number of nitrogens with two attached hydrogens (primary N) is 1. The molecule has 1 aliphatic heterocycles. The molecule has 7 nitrogen and oxygen atoms in total. The summed E-state index contributed by atoms with van der Waals surface area (Å²) in [6, 6.07) is 0. The van der Waals surface area contributed by atoms with Crippen molar-refractivity contribution in [2.24, 2.45) is 21.2 Å². The summed E-state index contributed by atoms with van der Waals surface area (Å²) in [5.41, 5.74) is 3.94. The summed E-state index contributed by atoms with van der Waals surface area (Å²) in [6.07, 6.45) is 1.65. The Morgan fingerprint density at radius 2 is 1.77 bits per heavy atom. The highest BCUT2D eigenvalue weighted by molar-refractivity contribution is 5.60. The zero-order valence-corrected chi connectivity index (χ0v) is 7.17. The minimum Gasteiger partial charge on any atom is -0.394 e. The Labute approximate surface area is 75.6 Å². The van der Waals surface area contributed by atoms with Crippen LogP contribution >= 0.6 is 0 Å². The van der Waals surface area contributed by atoms with E-state index in [1.807, 2.05) is 0 Å². The van der Waals surface area contributed by atoms with Crippen molar-refractivity contribution in [2.75, 3.05) is 26.4 Å². The molecule has 0 atom stereocenters. The van der Waals surface area contributed by atoms with Gasteiger partial charge < -0.3 is 21.1 Å². The molecule has 0 spiro atoms. The van der Waals surface area contributed by atoms with Gasteiger partial charge in [-0.3, -0.25) is 0 Å². The van der Waals surface area contributed by atoms with E-state index in [1.54, 1.807) is 6.21 Å². The Hall–Kier alpha value is -0.890. The maximum Gasteiger partial charge on any atom is 0.0992 e. The lowest BCUT2D eigenvalue weighted by Gasteiger charge is -2.20. The third-order valence-electron chi connectivity index (χ3n) is 1.30. The van der Waals surface area contributed by atoms with E-state index in [0.29, 0.717) is 6.54 Å². The molecule has 5 N–H and O–H groups in total. The molecule has 0 fully saturated rings. The zero-order chi connectivity index (χ0) is 10.2. The zero-order valence-electron chi connectivity index (χ0n) is 7.17. The van der Waals surface area contributed by atoms with Crippen molar-refractivity contribution in [3.05, 3.63) is 0 Å². The second-order valence-electron chi connectivity index (χ2n) is 2.55. The Balaban J connectivity index is 0.000000243. The van der Waals surface area contributed by atoms with E-state index in [9.17, 15) is 0 Å². The predicted molar refractivity (Wildman–Crippen MR) is 46.4 cm³/mol. The highest BCUT2D eigenvalue weighted by Crippen LogP contribution is 1.93. The Kier molecular flexibility index (Phi) is 6.15. The Bertz CT molecular complexity index is 160. The van der Waals surface area contributed by atoms with E-state index in [-0.39, 0.29) is 0 Å². The van der Waals surface area contributed by atoms with Crippen molar-refractivity contribution < 1.29 is 15.3 Å². The number of nitrogens with zero attached hydrogens (tertiary/aromatic N) is 3. The maximum atomic E-state index is 8.34. The van der Waals surface area contributed by atoms with Crippen molar-refractivity contribution >= 4 is 6.21 Å². The van der Waals surface area contributed by atoms with Crippen LogP contribution in [0.5, 0.6) is 0 Å². The SMILES string of the molecule is C1=NN=NC1.NC(CO)(CO)CO. The van der Waals surface area contributed by atoms with Crippen molar-refractivity contribution in [3.8, 4) is 0 Å². The second kappa shape index (κ2) is 6.61. The van der Waals surface area contributed by atoms with Gasteiger partial charge >= 0.3 is 0 Å². The lowest BCUT2D eigenvalue weighted by molar-refractivity contribution is 0.0698. The van der Waals surface area contributed by atoms with Crippen LogP contribution in [0.2, 0.25) is 0 Å². The number of hydrogen-bond acceptors (Lipinski definition) is 7. The minimum atomic E-state index is -1.21. The lowest BCUT2D eigenvalue weighted by Crippen LogP contribution is -2.50. The molecule has 0 aliphatic carbocycles. The van der Waals surface area contributed by atoms with Gasteiger partial charge in [0.2, 0.25) is 0 Å². The van der Waals surface area contributed by atoms with Crippen LogP contribution in [0.25, 0.3) is 0 Å². The van der Waals surface area contributed by atoms with E-state index in [1.165, 1.54) is 0 Å². The third-order valence-corrected chi connectivity index (χ3v) is 1.30. The molecule has 0 aromatic rings. The predicted octanol–water partition coefficient (Wildman–Crippen LogP) is -1.90. The number of rotatable bonds is 3. The molecule has 0 saturated carbocycles. The van der Waals surface area contributed by atoms with Gasteiger partial charge in [-0.15, -0.1) is 5.10 Å². The molecule has 0 bridgehead atoms. The normalized spacial score (nSPS) is 14.2. The van der Waals surface area contributed by atoms with Crippen LogP contribution < -0.4 is 5.73 Å². The fourth-order valence-electron chi connectivity index (χ4n) is 0.333. The molecular weight excluding hydrogens is 176 g/mol. The van der Waals surface area contributed by atoms with Crippen LogP contribution in [0.15, 0.2) is 15.4 Å². The maximum absolute atomic E-state index is 8.34. The number of hydrogen-bond donors (Lipinski definition) is 4. The molecule has 13 heavy (non-hydrogen) atoms. The molecule has 76 valence electrons. The van der Waals surface area contributed by atoms with Crippen LogP contribution in [0, 0.1) is 0 Å². The summed E-state index contributed by atoms with van der Waals surface area (Å²) in [5, 5.41) is 35.2. The monoisotopic (exact) mass is 190 g/mol. The van der Waals surface area contributed by atoms with E-state index < -0.39 is 25.4 Å². The summed E-state index contributed by atoms with van der Waals surface area (Å²) in [4.78, 5) is 0. The van der Waals surface area contributed by atoms with Crippen molar-refractivity contribution in [1.29, 1.82) is 0 Å². The first-order valence-corrected chi connectivity index (χ1v) is 3.68. The van der Waals surface area contributed by atoms with Crippen molar-refractivity contribution in [1.82, 2.24) is 0 Å². The van der Waals surface area contributed by atoms with Gasteiger partial charge in [0.15, 0.2) is 0 Å². The van der Waals surface area contributed by atoms with Gasteiger partial charge in [-0.25, -0.2) is 0 Å². The summed E-state index contributed by atoms with van der Waals surface area (Å²) < 4.78 is 0. The summed E-state index contributed by atoms with van der Waals surface area (Å²) >= 11 is 0. The smallest absolute Gasteiger partial charge is 0.0992 e. The second-order valence-corrected chi connectivity index (χ2v) is 2.55. The van der Waals surface area contributed by atoms with Crippen molar-refractivity contribution in [3.63, 3.8) is 0 Å². The standard InChI is InChI=1S/C4H11NO3.C2H3N3/c5-4(1-6,2-7)3-8;1-2-4-5-3-1/h6-8H,1-3,5H2;1H,2H2. The van der Waals surface area contributed by atoms with E-state index >= 15 is 0 Å². The molecule has 0 radical (unpaired) electrons. The highest BCUT2D eigenvalue weighted by atomic mass is 16.3. The van der Waals surface area contributed by atoms with E-state index in [0.717, 1.165) is 0 Å². The lowest BCUT2D eigenvalue weighted by atomic mass is 10.1. The molecule has 0 amide bonds. The molecular formula is C6H14N4O3. The number of aliphatic hydroxyl groups is 3. The third kappa shape index (κ3) is 5.36. The molecule has 1 rings (SSSR count). The summed E-state index contributed by atoms with van der Waals surface area (Å²) in [5.74, 6) is 0. The van der Waals surface area contributed by atoms with Gasteiger partial charge in [0, 0.05) is 0 Å². The molecule has 1 heterocycles. The highest BCUT2D eigenvalue weighted by Gasteiger charge is 2.20. The van der Waals surface area contributed by atoms with Crippen LogP contribution in [0.4, 0.5) is 0 Å². The first kappa shape index (κ1) is 12.1. The summed E-state index contributed by atoms with van der Waals surface area (Å²) in [7, 11) is 0. The summed E-state index contributed by atoms with van der Waals surface area (Å²) in [6.45, 7) is -0.542. The van der Waals surface area contributed by atoms with Gasteiger partial charge in [0.05, 0.1) is 38.1 Å². The number of aliphatic hydroxyl groups excluding tert-OH is 3. The fraction of sp³-hybridized carbons (Fsp3) is 0.833. The van der Waals surface area contributed by atoms with Gasteiger partial charge in [-0.05, 0) is 5.22 Å². The fourth-order valence-corrected chi connectivity index (χ4v) is 0.333. The van der Waals surface area contributed by atoms with Crippen LogP contribution in [0.3, 0.4) is 0 Å². The molecule has 0 aromatic carbocycles. The van der Waals surface area contributed by atoms with Crippen LogP contribution in [-0.4, -0.2) is 53.4 Å². The quantitative estimate of drug-likeness (QED) is 0.415. The first-order valence-electron chi connectivity index (χ1n) is 3.68. The average Bonchev–Trinajstić information content (AvgIpc) is 2.75.